The Kier molecular flexibility index (Phi) is 3.65. The predicted molar refractivity (Wildman–Crippen MR) is 81.3 cm³/mol. The van der Waals surface area contributed by atoms with Crippen LogP contribution in [0.4, 0.5) is 0 Å². The van der Waals surface area contributed by atoms with Gasteiger partial charge in [-0.05, 0) is 35.6 Å². The molecule has 3 nitrogen and oxygen atoms in total. The van der Waals surface area contributed by atoms with E-state index in [0.29, 0.717) is 5.75 Å². The van der Waals surface area contributed by atoms with E-state index < -0.39 is 0 Å². The van der Waals surface area contributed by atoms with Crippen molar-refractivity contribution in [2.45, 2.75) is 18.8 Å². The average Bonchev–Trinajstić information content (AvgIpc) is 2.70. The number of hydrogen-bond acceptors (Lipinski definition) is 3. The summed E-state index contributed by atoms with van der Waals surface area (Å²) in [6.07, 6.45) is 2.77. The van der Waals surface area contributed by atoms with Crippen molar-refractivity contribution in [3.8, 4) is 11.5 Å². The zero-order valence-corrected chi connectivity index (χ0v) is 12.3. The molecule has 0 bridgehead atoms. The van der Waals surface area contributed by atoms with Crippen LogP contribution in [0.5, 0.6) is 11.5 Å². The normalized spacial score (nSPS) is 16.4. The van der Waals surface area contributed by atoms with Gasteiger partial charge < -0.3 is 14.3 Å². The van der Waals surface area contributed by atoms with Crippen LogP contribution in [-0.2, 0) is 17.6 Å². The minimum atomic E-state index is -0.237. The van der Waals surface area contributed by atoms with Gasteiger partial charge in [0, 0.05) is 5.56 Å². The number of benzene rings is 2. The lowest BCUT2D eigenvalue weighted by atomic mass is 9.89. The first-order chi connectivity index (χ1) is 10.3. The number of ether oxygens (including phenoxy) is 2. The molecule has 3 heteroatoms. The minimum Gasteiger partial charge on any atom is -0.493 e. The molecule has 0 unspecified atom stereocenters. The van der Waals surface area contributed by atoms with Crippen LogP contribution in [0.15, 0.2) is 36.4 Å². The van der Waals surface area contributed by atoms with E-state index in [1.807, 2.05) is 30.3 Å². The maximum Gasteiger partial charge on any atom is 0.164 e. The molecule has 1 aliphatic carbocycles. The van der Waals surface area contributed by atoms with E-state index in [1.54, 1.807) is 14.2 Å². The van der Waals surface area contributed by atoms with Crippen LogP contribution < -0.4 is 9.47 Å². The fourth-order valence-corrected chi connectivity index (χ4v) is 3.19. The van der Waals surface area contributed by atoms with E-state index in [4.69, 9.17) is 9.47 Å². The highest BCUT2D eigenvalue weighted by Gasteiger charge is 2.26. The predicted octanol–water partition coefficient (Wildman–Crippen LogP) is 3.13. The summed E-state index contributed by atoms with van der Waals surface area (Å²) in [4.78, 5) is 11.7. The summed E-state index contributed by atoms with van der Waals surface area (Å²) >= 11 is 0. The third-order valence-electron chi connectivity index (χ3n) is 4.19. The van der Waals surface area contributed by atoms with Crippen molar-refractivity contribution < 1.29 is 14.3 Å². The van der Waals surface area contributed by atoms with Crippen LogP contribution in [0.3, 0.4) is 0 Å². The monoisotopic (exact) mass is 282 g/mol. The van der Waals surface area contributed by atoms with Crippen molar-refractivity contribution in [3.05, 3.63) is 58.7 Å². The fourth-order valence-electron chi connectivity index (χ4n) is 3.19. The second kappa shape index (κ2) is 5.60. The molecule has 3 rings (SSSR count). The number of rotatable bonds is 3. The van der Waals surface area contributed by atoms with Crippen molar-refractivity contribution in [1.82, 2.24) is 0 Å². The third kappa shape index (κ3) is 2.19. The molecule has 0 fully saturated rings. The van der Waals surface area contributed by atoms with E-state index in [0.717, 1.165) is 41.6 Å². The molecule has 21 heavy (non-hydrogen) atoms. The lowest BCUT2D eigenvalue weighted by Gasteiger charge is -2.18. The Balaban J connectivity index is 2.23. The van der Waals surface area contributed by atoms with Gasteiger partial charge >= 0.3 is 0 Å². The second-order valence-electron chi connectivity index (χ2n) is 5.18. The van der Waals surface area contributed by atoms with E-state index >= 15 is 0 Å². The Morgan fingerprint density at radius 1 is 1.00 bits per heavy atom. The Bertz CT molecular complexity index is 676. The zero-order chi connectivity index (χ0) is 14.8. The van der Waals surface area contributed by atoms with Crippen molar-refractivity contribution in [1.29, 1.82) is 0 Å². The summed E-state index contributed by atoms with van der Waals surface area (Å²) in [5.74, 6) is 1.22. The Morgan fingerprint density at radius 3 is 2.52 bits per heavy atom. The van der Waals surface area contributed by atoms with Gasteiger partial charge in [0.25, 0.3) is 0 Å². The maximum absolute atomic E-state index is 11.7. The molecular weight excluding hydrogens is 264 g/mol. The summed E-state index contributed by atoms with van der Waals surface area (Å²) in [6.45, 7) is 0. The molecule has 0 saturated carbocycles. The van der Waals surface area contributed by atoms with Crippen molar-refractivity contribution in [2.75, 3.05) is 14.2 Å². The molecule has 0 aliphatic heterocycles. The largest absolute Gasteiger partial charge is 0.493 e. The highest BCUT2D eigenvalue weighted by molar-refractivity contribution is 5.73. The molecule has 0 aromatic heterocycles. The first-order valence-electron chi connectivity index (χ1n) is 7.07. The first kappa shape index (κ1) is 13.7. The van der Waals surface area contributed by atoms with Crippen LogP contribution in [0, 0.1) is 0 Å². The molecule has 0 radical (unpaired) electrons. The average molecular weight is 282 g/mol. The Morgan fingerprint density at radius 2 is 1.81 bits per heavy atom. The lowest BCUT2D eigenvalue weighted by molar-refractivity contribution is -0.108. The van der Waals surface area contributed by atoms with Gasteiger partial charge in [0.05, 0.1) is 20.1 Å². The zero-order valence-electron chi connectivity index (χ0n) is 12.3. The van der Waals surface area contributed by atoms with Crippen molar-refractivity contribution in [2.24, 2.45) is 0 Å². The van der Waals surface area contributed by atoms with Crippen LogP contribution in [0.25, 0.3) is 0 Å². The molecule has 0 spiro atoms. The van der Waals surface area contributed by atoms with E-state index in [-0.39, 0.29) is 5.92 Å². The molecule has 0 heterocycles. The van der Waals surface area contributed by atoms with Crippen molar-refractivity contribution in [3.63, 3.8) is 0 Å². The summed E-state index contributed by atoms with van der Waals surface area (Å²) in [6, 6.07) is 12.0. The molecule has 2 aromatic rings. The first-order valence-corrected chi connectivity index (χ1v) is 7.07. The van der Waals surface area contributed by atoms with E-state index in [9.17, 15) is 4.79 Å². The summed E-state index contributed by atoms with van der Waals surface area (Å²) in [5.41, 5.74) is 4.42. The smallest absolute Gasteiger partial charge is 0.164 e. The second-order valence-corrected chi connectivity index (χ2v) is 5.18. The molecule has 0 N–H and O–H groups in total. The van der Waals surface area contributed by atoms with Gasteiger partial charge in [0.15, 0.2) is 11.5 Å². The SMILES string of the molecule is COc1ccc2c(c1OC)CCc1ccccc1[C@@H]2C=O. The van der Waals surface area contributed by atoms with Gasteiger partial charge in [-0.15, -0.1) is 0 Å². The molecule has 1 atom stereocenters. The maximum atomic E-state index is 11.7. The molecule has 2 aromatic carbocycles. The highest BCUT2D eigenvalue weighted by Crippen LogP contribution is 2.41. The Labute approximate surface area is 124 Å². The summed E-state index contributed by atoms with van der Waals surface area (Å²) < 4.78 is 10.9. The standard InChI is InChI=1S/C18H18O3/c1-20-17-10-9-14-15(18(17)21-2)8-7-12-5-3-4-6-13(12)16(14)11-19/h3-6,9-11,16H,7-8H2,1-2H3/t16-/m0/s1. The van der Waals surface area contributed by atoms with Gasteiger partial charge in [-0.2, -0.15) is 0 Å². The van der Waals surface area contributed by atoms with Gasteiger partial charge in [-0.3, -0.25) is 0 Å². The van der Waals surface area contributed by atoms with Gasteiger partial charge in [0.1, 0.15) is 6.29 Å². The number of fused-ring (bicyclic) bond motifs is 2. The molecule has 0 amide bonds. The lowest BCUT2D eigenvalue weighted by Crippen LogP contribution is -2.06. The third-order valence-corrected chi connectivity index (χ3v) is 4.19. The van der Waals surface area contributed by atoms with Gasteiger partial charge in [0.2, 0.25) is 0 Å². The summed E-state index contributed by atoms with van der Waals surface area (Å²) in [7, 11) is 3.28. The van der Waals surface area contributed by atoms with Crippen LogP contribution >= 0.6 is 0 Å². The minimum absolute atomic E-state index is 0.237. The molecule has 1 aliphatic rings. The number of aldehydes is 1. The number of aryl methyl sites for hydroxylation is 1. The number of methoxy groups -OCH3 is 2. The van der Waals surface area contributed by atoms with E-state index in [1.165, 1.54) is 5.56 Å². The number of hydrogen-bond donors (Lipinski definition) is 0. The number of carbonyl (C=O) groups excluding carboxylic acids is 1. The van der Waals surface area contributed by atoms with Crippen LogP contribution in [0.2, 0.25) is 0 Å². The number of carbonyl (C=O) groups is 1. The van der Waals surface area contributed by atoms with E-state index in [2.05, 4.69) is 6.07 Å². The molecule has 108 valence electrons. The fraction of sp³-hybridized carbons (Fsp3) is 0.278. The molecular formula is C18H18O3. The van der Waals surface area contributed by atoms with Gasteiger partial charge in [-0.1, -0.05) is 30.3 Å². The summed E-state index contributed by atoms with van der Waals surface area (Å²) in [5, 5.41) is 0. The van der Waals surface area contributed by atoms with Crippen molar-refractivity contribution >= 4 is 6.29 Å². The molecule has 0 saturated heterocycles. The van der Waals surface area contributed by atoms with Crippen LogP contribution in [0.1, 0.15) is 28.2 Å². The van der Waals surface area contributed by atoms with Crippen LogP contribution in [-0.4, -0.2) is 20.5 Å². The quantitative estimate of drug-likeness (QED) is 0.811. The topological polar surface area (TPSA) is 35.5 Å². The highest BCUT2D eigenvalue weighted by atomic mass is 16.5. The van der Waals surface area contributed by atoms with Gasteiger partial charge in [-0.25, -0.2) is 0 Å². The Hall–Kier alpha value is -2.29.